The quantitative estimate of drug-likeness (QED) is 0.631. The summed E-state index contributed by atoms with van der Waals surface area (Å²) in [4.78, 5) is 4.25. The van der Waals surface area contributed by atoms with Crippen LogP contribution in [0, 0.1) is 6.92 Å². The maximum Gasteiger partial charge on any atom is 0.191 e. The molecule has 0 amide bonds. The number of aliphatic imine (C=N–C) groups is 1. The predicted molar refractivity (Wildman–Crippen MR) is 83.8 cm³/mol. The highest BCUT2D eigenvalue weighted by atomic mass is 15.2. The van der Waals surface area contributed by atoms with Gasteiger partial charge in [0.05, 0.1) is 0 Å². The van der Waals surface area contributed by atoms with Crippen LogP contribution in [0.5, 0.6) is 0 Å². The summed E-state index contributed by atoms with van der Waals surface area (Å²) in [6, 6.07) is 9.13. The number of hydrogen-bond donors (Lipinski definition) is 2. The maximum absolute atomic E-state index is 4.25. The van der Waals surface area contributed by atoms with Gasteiger partial charge in [0.25, 0.3) is 0 Å². The highest BCUT2D eigenvalue weighted by Crippen LogP contribution is 2.15. The molecule has 0 radical (unpaired) electrons. The monoisotopic (exact) mass is 261 g/mol. The standard InChI is InChI=1S/C16H27N3/c1-6-14(4)19-16(17-5)18-11-13(3)15-9-7-8-12(2)10-15/h7-10,13-14H,6,11H2,1-5H3,(H2,17,18,19). The third kappa shape index (κ3) is 5.33. The first-order chi connectivity index (χ1) is 9.06. The van der Waals surface area contributed by atoms with Crippen LogP contribution < -0.4 is 10.6 Å². The van der Waals surface area contributed by atoms with Crippen molar-refractivity contribution < 1.29 is 0 Å². The Bertz CT molecular complexity index is 412. The lowest BCUT2D eigenvalue weighted by Gasteiger charge is -2.19. The minimum absolute atomic E-state index is 0.445. The van der Waals surface area contributed by atoms with Gasteiger partial charge in [0.15, 0.2) is 5.96 Å². The van der Waals surface area contributed by atoms with E-state index in [0.717, 1.165) is 18.9 Å². The zero-order valence-electron chi connectivity index (χ0n) is 12.8. The lowest BCUT2D eigenvalue weighted by Crippen LogP contribution is -2.43. The lowest BCUT2D eigenvalue weighted by atomic mass is 9.99. The number of aryl methyl sites for hydroxylation is 1. The smallest absolute Gasteiger partial charge is 0.191 e. The molecule has 0 saturated heterocycles. The van der Waals surface area contributed by atoms with Crippen LogP contribution in [0.15, 0.2) is 29.3 Å². The first-order valence-corrected chi connectivity index (χ1v) is 7.10. The van der Waals surface area contributed by atoms with E-state index in [1.807, 2.05) is 7.05 Å². The number of rotatable bonds is 5. The van der Waals surface area contributed by atoms with Crippen LogP contribution in [0.4, 0.5) is 0 Å². The summed E-state index contributed by atoms with van der Waals surface area (Å²) in [5.74, 6) is 1.35. The molecule has 3 heteroatoms. The molecule has 0 aliphatic heterocycles. The molecule has 19 heavy (non-hydrogen) atoms. The topological polar surface area (TPSA) is 36.4 Å². The molecule has 1 aromatic carbocycles. The molecule has 2 atom stereocenters. The molecule has 3 nitrogen and oxygen atoms in total. The van der Waals surface area contributed by atoms with Crippen LogP contribution in [-0.4, -0.2) is 25.6 Å². The van der Waals surface area contributed by atoms with Crippen molar-refractivity contribution in [1.29, 1.82) is 0 Å². The molecule has 1 aromatic rings. The van der Waals surface area contributed by atoms with Crippen molar-refractivity contribution in [3.8, 4) is 0 Å². The minimum atomic E-state index is 0.445. The van der Waals surface area contributed by atoms with E-state index in [-0.39, 0.29) is 0 Å². The van der Waals surface area contributed by atoms with Crippen LogP contribution in [0.1, 0.15) is 44.2 Å². The van der Waals surface area contributed by atoms with Gasteiger partial charge in [-0.1, -0.05) is 43.7 Å². The molecule has 0 bridgehead atoms. The van der Waals surface area contributed by atoms with Crippen LogP contribution in [0.25, 0.3) is 0 Å². The third-order valence-corrected chi connectivity index (χ3v) is 3.41. The zero-order chi connectivity index (χ0) is 14.3. The Morgan fingerprint density at radius 3 is 2.63 bits per heavy atom. The van der Waals surface area contributed by atoms with E-state index in [2.05, 4.69) is 67.6 Å². The molecule has 2 unspecified atom stereocenters. The summed E-state index contributed by atoms with van der Waals surface area (Å²) in [6.07, 6.45) is 1.09. The fraction of sp³-hybridized carbons (Fsp3) is 0.562. The molecule has 1 rings (SSSR count). The Balaban J connectivity index is 2.51. The predicted octanol–water partition coefficient (Wildman–Crippen LogP) is 3.06. The highest BCUT2D eigenvalue weighted by Gasteiger charge is 2.08. The van der Waals surface area contributed by atoms with Crippen LogP contribution >= 0.6 is 0 Å². The van der Waals surface area contributed by atoms with Crippen molar-refractivity contribution >= 4 is 5.96 Å². The number of nitrogens with one attached hydrogen (secondary N) is 2. The van der Waals surface area contributed by atoms with Crippen molar-refractivity contribution in [2.24, 2.45) is 4.99 Å². The van der Waals surface area contributed by atoms with Gasteiger partial charge in [0.2, 0.25) is 0 Å². The van der Waals surface area contributed by atoms with Crippen molar-refractivity contribution in [2.45, 2.75) is 46.1 Å². The van der Waals surface area contributed by atoms with Crippen molar-refractivity contribution in [2.75, 3.05) is 13.6 Å². The Hall–Kier alpha value is -1.51. The fourth-order valence-corrected chi connectivity index (χ4v) is 1.87. The SMILES string of the molecule is CCC(C)NC(=NC)NCC(C)c1cccc(C)c1. The van der Waals surface area contributed by atoms with Crippen LogP contribution in [-0.2, 0) is 0 Å². The van der Waals surface area contributed by atoms with E-state index in [4.69, 9.17) is 0 Å². The van der Waals surface area contributed by atoms with E-state index in [1.54, 1.807) is 0 Å². The van der Waals surface area contributed by atoms with Crippen molar-refractivity contribution in [3.05, 3.63) is 35.4 Å². The van der Waals surface area contributed by atoms with Crippen LogP contribution in [0.2, 0.25) is 0 Å². The number of guanidine groups is 1. The summed E-state index contributed by atoms with van der Waals surface area (Å²) in [7, 11) is 1.81. The Morgan fingerprint density at radius 2 is 2.05 bits per heavy atom. The number of benzene rings is 1. The largest absolute Gasteiger partial charge is 0.356 e. The number of hydrogen-bond acceptors (Lipinski definition) is 1. The molecule has 106 valence electrons. The molecule has 2 N–H and O–H groups in total. The highest BCUT2D eigenvalue weighted by molar-refractivity contribution is 5.79. The summed E-state index contributed by atoms with van der Waals surface area (Å²) in [5.41, 5.74) is 2.68. The molecular weight excluding hydrogens is 234 g/mol. The van der Waals surface area contributed by atoms with E-state index in [0.29, 0.717) is 12.0 Å². The molecule has 0 aliphatic rings. The third-order valence-electron chi connectivity index (χ3n) is 3.41. The van der Waals surface area contributed by atoms with Gasteiger partial charge in [-0.3, -0.25) is 4.99 Å². The van der Waals surface area contributed by atoms with Crippen LogP contribution in [0.3, 0.4) is 0 Å². The van der Waals surface area contributed by atoms with Gasteiger partial charge in [-0.15, -0.1) is 0 Å². The summed E-state index contributed by atoms with van der Waals surface area (Å²) in [6.45, 7) is 9.59. The van der Waals surface area contributed by atoms with E-state index in [9.17, 15) is 0 Å². The lowest BCUT2D eigenvalue weighted by molar-refractivity contribution is 0.614. The second-order valence-electron chi connectivity index (χ2n) is 5.22. The first-order valence-electron chi connectivity index (χ1n) is 7.10. The maximum atomic E-state index is 4.25. The zero-order valence-corrected chi connectivity index (χ0v) is 12.8. The van der Waals surface area contributed by atoms with Gasteiger partial charge < -0.3 is 10.6 Å². The van der Waals surface area contributed by atoms with Crippen molar-refractivity contribution in [3.63, 3.8) is 0 Å². The van der Waals surface area contributed by atoms with Crippen molar-refractivity contribution in [1.82, 2.24) is 10.6 Å². The Morgan fingerprint density at radius 1 is 1.32 bits per heavy atom. The van der Waals surface area contributed by atoms with E-state index in [1.165, 1.54) is 11.1 Å². The van der Waals surface area contributed by atoms with Gasteiger partial charge in [0, 0.05) is 19.6 Å². The van der Waals surface area contributed by atoms with E-state index < -0.39 is 0 Å². The van der Waals surface area contributed by atoms with E-state index >= 15 is 0 Å². The molecule has 0 aromatic heterocycles. The second-order valence-corrected chi connectivity index (χ2v) is 5.22. The summed E-state index contributed by atoms with van der Waals surface area (Å²) >= 11 is 0. The Labute approximate surface area is 117 Å². The molecule has 0 heterocycles. The second kappa shape index (κ2) is 7.82. The normalized spacial score (nSPS) is 14.9. The van der Waals surface area contributed by atoms with Gasteiger partial charge >= 0.3 is 0 Å². The Kier molecular flexibility index (Phi) is 6.40. The molecule has 0 saturated carbocycles. The summed E-state index contributed by atoms with van der Waals surface area (Å²) in [5, 5.41) is 6.76. The van der Waals surface area contributed by atoms with Gasteiger partial charge in [0.1, 0.15) is 0 Å². The molecule has 0 aliphatic carbocycles. The van der Waals surface area contributed by atoms with Gasteiger partial charge in [-0.25, -0.2) is 0 Å². The summed E-state index contributed by atoms with van der Waals surface area (Å²) < 4.78 is 0. The average molecular weight is 261 g/mol. The van der Waals surface area contributed by atoms with Gasteiger partial charge in [-0.2, -0.15) is 0 Å². The minimum Gasteiger partial charge on any atom is -0.356 e. The van der Waals surface area contributed by atoms with Gasteiger partial charge in [-0.05, 0) is 31.7 Å². The fourth-order valence-electron chi connectivity index (χ4n) is 1.87. The molecule has 0 spiro atoms. The molecular formula is C16H27N3. The molecule has 0 fully saturated rings. The average Bonchev–Trinajstić information content (AvgIpc) is 2.42. The first kappa shape index (κ1) is 15.5. The number of nitrogens with zero attached hydrogens (tertiary/aromatic N) is 1.